The molecule has 1 aliphatic rings. The molecule has 1 N–H and O–H groups in total. The van der Waals surface area contributed by atoms with Gasteiger partial charge in [-0.2, -0.15) is 0 Å². The molecule has 152 valence electrons. The summed E-state index contributed by atoms with van der Waals surface area (Å²) in [4.78, 5) is 12.7. The number of benzene rings is 2. The summed E-state index contributed by atoms with van der Waals surface area (Å²) >= 11 is 9.30. The fraction of sp³-hybridized carbons (Fsp3) is 0.318. The van der Waals surface area contributed by atoms with Crippen LogP contribution in [0.2, 0.25) is 5.02 Å². The maximum absolute atomic E-state index is 14.0. The zero-order valence-corrected chi connectivity index (χ0v) is 17.9. The number of carbonyl (C=O) groups excluding carboxylic acids is 1. The van der Waals surface area contributed by atoms with Crippen LogP contribution >= 0.6 is 27.5 Å². The first-order valence-electron chi connectivity index (χ1n) is 9.53. The maximum atomic E-state index is 14.0. The van der Waals surface area contributed by atoms with Gasteiger partial charge in [0.25, 0.3) is 0 Å². The number of hydrogen-bond donors (Lipinski definition) is 1. The largest absolute Gasteiger partial charge is 0.493 e. The Kier molecular flexibility index (Phi) is 6.11. The molecule has 3 aromatic rings. The molecular formula is C22H20BrClFNO3. The predicted molar refractivity (Wildman–Crippen MR) is 113 cm³/mol. The average molecular weight is 481 g/mol. The van der Waals surface area contributed by atoms with Crippen LogP contribution in [-0.4, -0.2) is 12.5 Å². The Labute approximate surface area is 181 Å². The molecule has 1 amide bonds. The van der Waals surface area contributed by atoms with E-state index in [4.69, 9.17) is 20.8 Å². The smallest absolute Gasteiger partial charge is 0.223 e. The number of fused-ring (bicyclic) bond motifs is 1. The zero-order valence-electron chi connectivity index (χ0n) is 15.6. The quantitative estimate of drug-likeness (QED) is 0.464. The molecule has 1 saturated carbocycles. The van der Waals surface area contributed by atoms with Crippen LogP contribution in [0.3, 0.4) is 0 Å². The lowest BCUT2D eigenvalue weighted by Gasteiger charge is -2.20. The van der Waals surface area contributed by atoms with Crippen molar-refractivity contribution in [2.45, 2.75) is 25.8 Å². The highest BCUT2D eigenvalue weighted by Gasteiger charge is 2.33. The monoisotopic (exact) mass is 479 g/mol. The number of ether oxygens (including phenoxy) is 1. The Morgan fingerprint density at radius 3 is 3.03 bits per heavy atom. The summed E-state index contributed by atoms with van der Waals surface area (Å²) in [6, 6.07) is 10.5. The van der Waals surface area contributed by atoms with E-state index in [0.29, 0.717) is 12.2 Å². The third-order valence-electron chi connectivity index (χ3n) is 5.42. The summed E-state index contributed by atoms with van der Waals surface area (Å²) in [5.74, 6) is 0.164. The molecule has 1 heterocycles. The number of amides is 1. The maximum Gasteiger partial charge on any atom is 0.223 e. The van der Waals surface area contributed by atoms with Crippen LogP contribution in [0.25, 0.3) is 11.0 Å². The van der Waals surface area contributed by atoms with Crippen LogP contribution in [0.15, 0.2) is 51.6 Å². The van der Waals surface area contributed by atoms with Crippen molar-refractivity contribution in [1.82, 2.24) is 5.32 Å². The van der Waals surface area contributed by atoms with Crippen molar-refractivity contribution >= 4 is 44.4 Å². The third-order valence-corrected chi connectivity index (χ3v) is 6.30. The summed E-state index contributed by atoms with van der Waals surface area (Å²) in [6.45, 7) is 0.582. The highest BCUT2D eigenvalue weighted by atomic mass is 79.9. The van der Waals surface area contributed by atoms with Gasteiger partial charge in [0.1, 0.15) is 17.1 Å². The first-order valence-corrected chi connectivity index (χ1v) is 10.7. The van der Waals surface area contributed by atoms with Gasteiger partial charge in [-0.15, -0.1) is 0 Å². The molecule has 0 spiro atoms. The van der Waals surface area contributed by atoms with Gasteiger partial charge in [-0.1, -0.05) is 30.2 Å². The molecule has 0 aliphatic heterocycles. The summed E-state index contributed by atoms with van der Waals surface area (Å²) in [5, 5.41) is 3.87. The number of carbonyl (C=O) groups is 1. The molecule has 0 radical (unpaired) electrons. The molecule has 1 fully saturated rings. The summed E-state index contributed by atoms with van der Waals surface area (Å²) in [6.07, 6.45) is 4.35. The second-order valence-corrected chi connectivity index (χ2v) is 8.54. The summed E-state index contributed by atoms with van der Waals surface area (Å²) < 4.78 is 26.3. The van der Waals surface area contributed by atoms with Crippen molar-refractivity contribution in [3.05, 3.63) is 63.5 Å². The normalized spacial score (nSPS) is 18.9. The first kappa shape index (κ1) is 20.2. The van der Waals surface area contributed by atoms with Crippen molar-refractivity contribution < 1.29 is 18.3 Å². The summed E-state index contributed by atoms with van der Waals surface area (Å²) in [5.41, 5.74) is 1.17. The molecule has 29 heavy (non-hydrogen) atoms. The van der Waals surface area contributed by atoms with Gasteiger partial charge in [-0.3, -0.25) is 4.79 Å². The van der Waals surface area contributed by atoms with E-state index in [1.54, 1.807) is 18.4 Å². The van der Waals surface area contributed by atoms with Gasteiger partial charge >= 0.3 is 0 Å². The van der Waals surface area contributed by atoms with Gasteiger partial charge in [0, 0.05) is 29.3 Å². The van der Waals surface area contributed by atoms with Gasteiger partial charge in [0.15, 0.2) is 0 Å². The van der Waals surface area contributed by atoms with E-state index in [2.05, 4.69) is 21.2 Å². The molecule has 4 rings (SSSR count). The number of rotatable bonds is 6. The lowest BCUT2D eigenvalue weighted by Crippen LogP contribution is -2.34. The summed E-state index contributed by atoms with van der Waals surface area (Å²) in [7, 11) is 0. The van der Waals surface area contributed by atoms with E-state index in [0.717, 1.165) is 40.5 Å². The fourth-order valence-electron chi connectivity index (χ4n) is 3.88. The Balaban J connectivity index is 1.36. The minimum absolute atomic E-state index is 0.0599. The van der Waals surface area contributed by atoms with Crippen molar-refractivity contribution in [2.75, 3.05) is 6.61 Å². The van der Waals surface area contributed by atoms with Gasteiger partial charge in [-0.05, 0) is 53.0 Å². The lowest BCUT2D eigenvalue weighted by molar-refractivity contribution is -0.126. The van der Waals surface area contributed by atoms with Gasteiger partial charge < -0.3 is 14.5 Å². The van der Waals surface area contributed by atoms with Gasteiger partial charge in [-0.25, -0.2) is 4.39 Å². The van der Waals surface area contributed by atoms with Crippen LogP contribution in [0, 0.1) is 17.7 Å². The van der Waals surface area contributed by atoms with Crippen LogP contribution < -0.4 is 10.1 Å². The average Bonchev–Trinajstić information content (AvgIpc) is 3.36. The minimum atomic E-state index is -0.485. The Morgan fingerprint density at radius 1 is 1.31 bits per heavy atom. The minimum Gasteiger partial charge on any atom is -0.493 e. The molecule has 1 aliphatic carbocycles. The Hall–Kier alpha value is -2.05. The molecule has 0 unspecified atom stereocenters. The number of halogens is 3. The van der Waals surface area contributed by atoms with Crippen LogP contribution in [0.4, 0.5) is 4.39 Å². The van der Waals surface area contributed by atoms with Crippen molar-refractivity contribution in [3.63, 3.8) is 0 Å². The molecule has 0 saturated heterocycles. The van der Waals surface area contributed by atoms with E-state index in [9.17, 15) is 9.18 Å². The van der Waals surface area contributed by atoms with E-state index in [1.807, 2.05) is 18.2 Å². The number of furan rings is 1. The second-order valence-electron chi connectivity index (χ2n) is 7.28. The highest BCUT2D eigenvalue weighted by molar-refractivity contribution is 9.10. The van der Waals surface area contributed by atoms with Crippen LogP contribution in [0.1, 0.15) is 24.8 Å². The Morgan fingerprint density at radius 2 is 2.17 bits per heavy atom. The SMILES string of the molecule is O=C(NCc1cccc(Cl)c1F)[C@@H]1CCC[C@H]1COc1cc(Br)c2occc2c1. The molecule has 4 nitrogen and oxygen atoms in total. The van der Waals surface area contributed by atoms with Crippen LogP contribution in [0.5, 0.6) is 5.75 Å². The number of hydrogen-bond acceptors (Lipinski definition) is 3. The Bertz CT molecular complexity index is 1040. The molecular weight excluding hydrogens is 461 g/mol. The van der Waals surface area contributed by atoms with E-state index >= 15 is 0 Å². The first-order chi connectivity index (χ1) is 14.0. The topological polar surface area (TPSA) is 51.5 Å². The van der Waals surface area contributed by atoms with E-state index < -0.39 is 5.82 Å². The van der Waals surface area contributed by atoms with E-state index in [-0.39, 0.29) is 29.3 Å². The predicted octanol–water partition coefficient (Wildman–Crippen LogP) is 6.10. The lowest BCUT2D eigenvalue weighted by atomic mass is 9.96. The van der Waals surface area contributed by atoms with Crippen molar-refractivity contribution in [1.29, 1.82) is 0 Å². The van der Waals surface area contributed by atoms with Gasteiger partial charge in [0.05, 0.1) is 22.4 Å². The third kappa shape index (κ3) is 4.43. The standard InChI is InChI=1S/C22H20BrClFNO3/c23-18-10-16(9-13-7-8-28-21(13)18)29-12-15-4-1-5-17(15)22(27)26-11-14-3-2-6-19(24)20(14)25/h2-3,6-10,15,17H,1,4-5,11-12H2,(H,26,27)/t15-,17+/m0/s1. The molecule has 2 aromatic carbocycles. The highest BCUT2D eigenvalue weighted by Crippen LogP contribution is 2.34. The van der Waals surface area contributed by atoms with E-state index in [1.165, 1.54) is 6.07 Å². The number of nitrogens with one attached hydrogen (secondary N) is 1. The zero-order chi connectivity index (χ0) is 20.4. The molecule has 7 heteroatoms. The molecule has 2 atom stereocenters. The molecule has 0 bridgehead atoms. The van der Waals surface area contributed by atoms with Gasteiger partial charge in [0.2, 0.25) is 5.91 Å². The molecule has 1 aromatic heterocycles. The van der Waals surface area contributed by atoms with Crippen LogP contribution in [-0.2, 0) is 11.3 Å². The fourth-order valence-corrected chi connectivity index (χ4v) is 4.62. The second kappa shape index (κ2) is 8.76. The van der Waals surface area contributed by atoms with Crippen molar-refractivity contribution in [2.24, 2.45) is 11.8 Å². The van der Waals surface area contributed by atoms with Crippen molar-refractivity contribution in [3.8, 4) is 5.75 Å².